The molecule has 2 amide bonds. The molecule has 0 heterocycles. The number of fused-ring (bicyclic) bond motifs is 6. The van der Waals surface area contributed by atoms with Gasteiger partial charge in [-0.15, -0.1) is 0 Å². The lowest BCUT2D eigenvalue weighted by Crippen LogP contribution is -2.60. The van der Waals surface area contributed by atoms with Crippen molar-refractivity contribution in [2.45, 2.75) is 127 Å². The summed E-state index contributed by atoms with van der Waals surface area (Å²) < 4.78 is 17.2. The molecule has 0 bridgehead atoms. The summed E-state index contributed by atoms with van der Waals surface area (Å²) in [5, 5.41) is 50.8. The van der Waals surface area contributed by atoms with Crippen molar-refractivity contribution >= 4 is 38.4 Å². The van der Waals surface area contributed by atoms with E-state index in [2.05, 4.69) is 56.6 Å². The molecule has 4 aromatic carbocycles. The normalized spacial score (nSPS) is 14.7. The highest BCUT2D eigenvalue weighted by Gasteiger charge is 2.47. The molecule has 0 saturated heterocycles. The molecule has 0 saturated carbocycles. The number of nitrogens with two attached hydrogens (primary N) is 1. The lowest BCUT2D eigenvalue weighted by Gasteiger charge is -2.44. The van der Waals surface area contributed by atoms with Gasteiger partial charge in [0, 0.05) is 11.8 Å². The molecular formula is C51H67N3O13Si. The first kappa shape index (κ1) is 54.5. The fourth-order valence-corrected chi connectivity index (χ4v) is 9.50. The molecule has 6 rings (SSSR count). The molecule has 0 radical (unpaired) electrons. The van der Waals surface area contributed by atoms with Crippen molar-refractivity contribution in [3.63, 3.8) is 0 Å². The fourth-order valence-electron chi connectivity index (χ4n) is 7.76. The van der Waals surface area contributed by atoms with Gasteiger partial charge >= 0.3 is 30.1 Å². The molecule has 4 aromatic rings. The Morgan fingerprint density at radius 1 is 0.544 bits per heavy atom. The minimum absolute atomic E-state index is 0.0814. The smallest absolute Gasteiger partial charge is 0.407 e. The van der Waals surface area contributed by atoms with Gasteiger partial charge in [0.05, 0.1) is 16.8 Å². The van der Waals surface area contributed by atoms with Crippen molar-refractivity contribution in [2.24, 2.45) is 5.73 Å². The van der Waals surface area contributed by atoms with Crippen LogP contribution < -0.4 is 16.4 Å². The largest absolute Gasteiger partial charge is 0.480 e. The molecular weight excluding hydrogens is 891 g/mol. The summed E-state index contributed by atoms with van der Waals surface area (Å²) in [4.78, 5) is 58.2. The summed E-state index contributed by atoms with van der Waals surface area (Å²) in [6.07, 6.45) is -1.64. The highest BCUT2D eigenvalue weighted by Crippen LogP contribution is 2.46. The Morgan fingerprint density at radius 3 is 1.10 bits per heavy atom. The van der Waals surface area contributed by atoms with Crippen LogP contribution in [0.5, 0.6) is 0 Å². The van der Waals surface area contributed by atoms with Gasteiger partial charge < -0.3 is 55.8 Å². The Morgan fingerprint density at radius 2 is 0.853 bits per heavy atom. The van der Waals surface area contributed by atoms with Gasteiger partial charge in [0.1, 0.15) is 19.3 Å². The molecule has 0 unspecified atom stereocenters. The Bertz CT molecular complexity index is 2360. The number of alkyl carbamates (subject to hydrolysis) is 2. The highest BCUT2D eigenvalue weighted by atomic mass is 28.4. The first-order valence-corrected chi connectivity index (χ1v) is 25.1. The van der Waals surface area contributed by atoms with Crippen molar-refractivity contribution in [3.05, 3.63) is 119 Å². The summed E-state index contributed by atoms with van der Waals surface area (Å²) in [5.74, 6) is -3.89. The van der Waals surface area contributed by atoms with Crippen LogP contribution in [0.2, 0.25) is 18.1 Å². The average Bonchev–Trinajstić information content (AvgIpc) is 3.73. The Hall–Kier alpha value is -6.11. The summed E-state index contributed by atoms with van der Waals surface area (Å²) in [6.45, 7) is 19.3. The maximum atomic E-state index is 12.7. The average molecular weight is 958 g/mol. The van der Waals surface area contributed by atoms with E-state index in [4.69, 9.17) is 35.0 Å². The quantitative estimate of drug-likeness (QED) is 0.0564. The molecule has 2 aliphatic carbocycles. The van der Waals surface area contributed by atoms with E-state index >= 15 is 0 Å². The Balaban J connectivity index is 0.000000256. The Kier molecular flexibility index (Phi) is 17.2. The number of aliphatic carboxylic acids is 3. The highest BCUT2D eigenvalue weighted by molar-refractivity contribution is 6.74. The first-order valence-electron chi connectivity index (χ1n) is 22.2. The maximum absolute atomic E-state index is 12.7. The third kappa shape index (κ3) is 13.3. The number of aliphatic hydroxyl groups is 2. The van der Waals surface area contributed by atoms with Gasteiger partial charge in [-0.05, 0) is 104 Å². The van der Waals surface area contributed by atoms with Crippen LogP contribution in [0.15, 0.2) is 97.1 Å². The van der Waals surface area contributed by atoms with Crippen LogP contribution >= 0.6 is 0 Å². The van der Waals surface area contributed by atoms with E-state index in [1.165, 1.54) is 27.7 Å². The number of hydrogen-bond donors (Lipinski definition) is 8. The summed E-state index contributed by atoms with van der Waals surface area (Å²) in [6, 6.07) is 28.1. The van der Waals surface area contributed by atoms with Gasteiger partial charge in [-0.1, -0.05) is 118 Å². The molecule has 0 aliphatic heterocycles. The number of hydrogen-bond acceptors (Lipinski definition) is 11. The molecule has 17 heteroatoms. The van der Waals surface area contributed by atoms with Crippen molar-refractivity contribution in [3.8, 4) is 22.3 Å². The maximum Gasteiger partial charge on any atom is 0.407 e. The zero-order chi connectivity index (χ0) is 51.2. The molecule has 0 aromatic heterocycles. The van der Waals surface area contributed by atoms with Crippen LogP contribution in [0.3, 0.4) is 0 Å². The minimum atomic E-state index is -2.27. The van der Waals surface area contributed by atoms with Crippen LogP contribution in [0, 0.1) is 0 Å². The summed E-state index contributed by atoms with van der Waals surface area (Å²) in [7, 11) is -2.27. The van der Waals surface area contributed by atoms with Gasteiger partial charge in [0.2, 0.25) is 0 Å². The van der Waals surface area contributed by atoms with Crippen LogP contribution in [-0.2, 0) is 28.3 Å². The van der Waals surface area contributed by atoms with Crippen molar-refractivity contribution in [2.75, 3.05) is 13.2 Å². The third-order valence-electron chi connectivity index (χ3n) is 12.5. The minimum Gasteiger partial charge on any atom is -0.480 e. The standard InChI is InChI=1S/C26H35NO5Si.C20H21NO5.C5H11NO3/c1-25(2,3)33(6,7)32-26(4,5)22(23(28)29)27-24(30)31-16-21-19-14-10-8-12-17(19)18-13-9-11-15-20(18)21;1-20(2,25)17(18(22)23)21-19(24)26-11-16-14-9-5-3-7-12(14)13-8-4-6-10-15(13)16;1-5(2,9)3(6)4(7)8/h8-15,21-22H,16H2,1-7H3,(H,27,30)(H,28,29);3-10,16-17,25H,11H2,1-2H3,(H,21,24)(H,22,23);3,9H,6H2,1-2H3,(H,7,8)/t22-;17-;3-/m111/s1. The predicted octanol–water partition coefficient (Wildman–Crippen LogP) is 7.70. The molecule has 9 N–H and O–H groups in total. The van der Waals surface area contributed by atoms with Gasteiger partial charge in [-0.3, -0.25) is 4.79 Å². The molecule has 368 valence electrons. The molecule has 2 aliphatic rings. The van der Waals surface area contributed by atoms with E-state index in [9.17, 15) is 34.2 Å². The molecule has 16 nitrogen and oxygen atoms in total. The van der Waals surface area contributed by atoms with Crippen LogP contribution in [0.4, 0.5) is 9.59 Å². The lowest BCUT2D eigenvalue weighted by atomic mass is 9.98. The summed E-state index contributed by atoms with van der Waals surface area (Å²) >= 11 is 0. The second kappa shape index (κ2) is 21.5. The van der Waals surface area contributed by atoms with Gasteiger partial charge in [-0.25, -0.2) is 19.2 Å². The molecule has 68 heavy (non-hydrogen) atoms. The van der Waals surface area contributed by atoms with Gasteiger partial charge in [0.15, 0.2) is 20.4 Å². The molecule has 0 spiro atoms. The Labute approximate surface area is 399 Å². The van der Waals surface area contributed by atoms with E-state index in [1.807, 2.05) is 84.9 Å². The van der Waals surface area contributed by atoms with E-state index in [-0.39, 0.29) is 30.1 Å². The number of ether oxygens (including phenoxy) is 2. The van der Waals surface area contributed by atoms with Crippen LogP contribution in [0.1, 0.15) is 96.4 Å². The van der Waals surface area contributed by atoms with Gasteiger partial charge in [0.25, 0.3) is 0 Å². The summed E-state index contributed by atoms with van der Waals surface area (Å²) in [5.41, 5.74) is 9.80. The van der Waals surface area contributed by atoms with Crippen LogP contribution in [0.25, 0.3) is 22.3 Å². The van der Waals surface area contributed by atoms with E-state index in [0.29, 0.717) is 0 Å². The molecule has 0 fully saturated rings. The van der Waals surface area contributed by atoms with E-state index in [1.54, 1.807) is 13.8 Å². The van der Waals surface area contributed by atoms with Crippen molar-refractivity contribution in [1.29, 1.82) is 0 Å². The lowest BCUT2D eigenvalue weighted by molar-refractivity contribution is -0.146. The predicted molar refractivity (Wildman–Crippen MR) is 260 cm³/mol. The van der Waals surface area contributed by atoms with Crippen molar-refractivity contribution in [1.82, 2.24) is 10.6 Å². The number of nitrogens with one attached hydrogen (secondary N) is 2. The van der Waals surface area contributed by atoms with Crippen LogP contribution in [-0.4, -0.2) is 112 Å². The number of rotatable bonds is 14. The number of carbonyl (C=O) groups excluding carboxylic acids is 2. The second-order valence-corrected chi connectivity index (χ2v) is 24.8. The number of amides is 2. The number of carboxylic acid groups (broad SMARTS) is 3. The third-order valence-corrected chi connectivity index (χ3v) is 17.1. The number of benzene rings is 4. The van der Waals surface area contributed by atoms with Crippen molar-refractivity contribution < 1.29 is 63.4 Å². The molecule has 3 atom stereocenters. The number of carbonyl (C=O) groups is 5. The van der Waals surface area contributed by atoms with Gasteiger partial charge in [-0.2, -0.15) is 0 Å². The van der Waals surface area contributed by atoms with E-state index in [0.717, 1.165) is 44.5 Å². The second-order valence-electron chi connectivity index (χ2n) is 20.1. The first-order chi connectivity index (χ1) is 31.4. The monoisotopic (exact) mass is 957 g/mol. The zero-order valence-corrected chi connectivity index (χ0v) is 41.6. The topological polar surface area (TPSA) is 264 Å². The van der Waals surface area contributed by atoms with E-state index < -0.39 is 73.3 Å². The zero-order valence-electron chi connectivity index (χ0n) is 40.6. The SMILES string of the molecule is CC(C)(O)[C@H](N)C(=O)O.CC(C)(O)[C@H](NC(=O)OCC1c2ccccc2-c2ccccc21)C(=O)O.CC(C)(O[Si](C)(C)C(C)(C)C)[C@H](NC(=O)OCC1c2ccccc2-c2ccccc21)C(=O)O. The fraction of sp³-hybridized carbons (Fsp3) is 0.431. The number of carboxylic acids is 3.